The summed E-state index contributed by atoms with van der Waals surface area (Å²) in [6.07, 6.45) is 3.36. The summed E-state index contributed by atoms with van der Waals surface area (Å²) < 4.78 is 13.4. The monoisotopic (exact) mass is 437 g/mol. The van der Waals surface area contributed by atoms with E-state index in [1.165, 1.54) is 17.7 Å². The molecule has 5 rings (SSSR count). The molecule has 1 aliphatic rings. The number of hydrogen-bond donors (Lipinski definition) is 0. The molecule has 1 fully saturated rings. The van der Waals surface area contributed by atoms with Crippen LogP contribution in [0.5, 0.6) is 0 Å². The summed E-state index contributed by atoms with van der Waals surface area (Å²) in [4.78, 5) is 12.3. The first kappa shape index (κ1) is 19.5. The Kier molecular flexibility index (Phi) is 5.40. The molecule has 30 heavy (non-hydrogen) atoms. The van der Waals surface area contributed by atoms with Crippen LogP contribution >= 0.6 is 22.9 Å². The number of nitrogens with zero attached hydrogens (tertiary/aromatic N) is 3. The molecule has 0 radical (unpaired) electrons. The van der Waals surface area contributed by atoms with E-state index in [0.717, 1.165) is 59.5 Å². The van der Waals surface area contributed by atoms with Crippen LogP contribution in [0.2, 0.25) is 5.28 Å². The van der Waals surface area contributed by atoms with Crippen LogP contribution in [0.25, 0.3) is 21.3 Å². The zero-order valence-electron chi connectivity index (χ0n) is 16.4. The maximum atomic E-state index is 13.4. The number of hydrogen-bond acceptors (Lipinski definition) is 4. The molecule has 0 saturated carbocycles. The van der Waals surface area contributed by atoms with Crippen molar-refractivity contribution >= 4 is 39.0 Å². The normalized spacial score (nSPS) is 15.1. The molecule has 0 N–H and O–H groups in total. The molecular weight excluding hydrogens is 417 g/mol. The van der Waals surface area contributed by atoms with Gasteiger partial charge in [0.1, 0.15) is 16.5 Å². The van der Waals surface area contributed by atoms with Crippen LogP contribution in [-0.4, -0.2) is 23.1 Å². The van der Waals surface area contributed by atoms with E-state index in [4.69, 9.17) is 11.6 Å². The van der Waals surface area contributed by atoms with Crippen LogP contribution in [0.1, 0.15) is 18.4 Å². The molecule has 0 spiro atoms. The molecule has 0 atom stereocenters. The molecule has 1 aliphatic heterocycles. The van der Waals surface area contributed by atoms with Gasteiger partial charge in [0.25, 0.3) is 0 Å². The van der Waals surface area contributed by atoms with Crippen molar-refractivity contribution in [2.75, 3.05) is 18.0 Å². The minimum Gasteiger partial charge on any atom is -0.356 e. The summed E-state index contributed by atoms with van der Waals surface area (Å²) in [5.41, 5.74) is 3.40. The Labute approximate surface area is 184 Å². The van der Waals surface area contributed by atoms with Crippen molar-refractivity contribution in [2.24, 2.45) is 5.92 Å². The lowest BCUT2D eigenvalue weighted by molar-refractivity contribution is 0.403. The molecule has 0 unspecified atom stereocenters. The second-order valence-corrected chi connectivity index (χ2v) is 8.97. The summed E-state index contributed by atoms with van der Waals surface area (Å²) >= 11 is 7.81. The number of rotatable bonds is 4. The van der Waals surface area contributed by atoms with E-state index in [2.05, 4.69) is 50.6 Å². The zero-order valence-corrected chi connectivity index (χ0v) is 18.0. The highest BCUT2D eigenvalue weighted by Crippen LogP contribution is 2.40. The summed E-state index contributed by atoms with van der Waals surface area (Å²) in [6, 6.07) is 17.3. The molecule has 2 aromatic carbocycles. The van der Waals surface area contributed by atoms with Gasteiger partial charge in [-0.1, -0.05) is 42.5 Å². The van der Waals surface area contributed by atoms with Crippen molar-refractivity contribution in [3.8, 4) is 11.1 Å². The minimum absolute atomic E-state index is 0.238. The second kappa shape index (κ2) is 8.32. The standard InChI is InChI=1S/C24H21ClFN3S/c25-24-27-22(29-12-10-17(11-13-29)14-16-4-2-1-3-5-16)21-20(15-30-23(21)28-24)18-6-8-19(26)9-7-18/h1-9,15,17H,10-14H2. The number of thiophene rings is 1. The fourth-order valence-electron chi connectivity index (χ4n) is 4.27. The lowest BCUT2D eigenvalue weighted by Gasteiger charge is -2.33. The van der Waals surface area contributed by atoms with Gasteiger partial charge in [-0.05, 0) is 60.0 Å². The summed E-state index contributed by atoms with van der Waals surface area (Å²) in [5, 5.41) is 3.35. The van der Waals surface area contributed by atoms with Crippen molar-refractivity contribution in [3.63, 3.8) is 0 Å². The SMILES string of the molecule is Fc1ccc(-c2csc3nc(Cl)nc(N4CCC(Cc5ccccc5)CC4)c23)cc1. The van der Waals surface area contributed by atoms with Crippen LogP contribution in [0.3, 0.4) is 0 Å². The Hall–Kier alpha value is -2.50. The van der Waals surface area contributed by atoms with Gasteiger partial charge in [0, 0.05) is 24.0 Å². The van der Waals surface area contributed by atoms with E-state index in [1.807, 2.05) is 0 Å². The highest BCUT2D eigenvalue weighted by molar-refractivity contribution is 7.17. The summed E-state index contributed by atoms with van der Waals surface area (Å²) in [5.74, 6) is 1.33. The lowest BCUT2D eigenvalue weighted by atomic mass is 9.90. The third-order valence-corrected chi connectivity index (χ3v) is 6.86. The van der Waals surface area contributed by atoms with Gasteiger partial charge in [0.15, 0.2) is 0 Å². The smallest absolute Gasteiger partial charge is 0.225 e. The molecule has 0 aliphatic carbocycles. The molecule has 4 aromatic rings. The number of anilines is 1. The van der Waals surface area contributed by atoms with Gasteiger partial charge in [0.2, 0.25) is 5.28 Å². The quantitative estimate of drug-likeness (QED) is 0.336. The molecule has 0 bridgehead atoms. The first-order chi connectivity index (χ1) is 14.7. The summed E-state index contributed by atoms with van der Waals surface area (Å²) in [7, 11) is 0. The van der Waals surface area contributed by atoms with Crippen molar-refractivity contribution in [1.29, 1.82) is 0 Å². The van der Waals surface area contributed by atoms with E-state index in [1.54, 1.807) is 23.5 Å². The molecule has 1 saturated heterocycles. The largest absolute Gasteiger partial charge is 0.356 e. The van der Waals surface area contributed by atoms with E-state index in [-0.39, 0.29) is 11.1 Å². The third-order valence-electron chi connectivity index (χ3n) is 5.82. The van der Waals surface area contributed by atoms with E-state index in [0.29, 0.717) is 5.92 Å². The van der Waals surface area contributed by atoms with E-state index >= 15 is 0 Å². The van der Waals surface area contributed by atoms with Crippen molar-refractivity contribution < 1.29 is 4.39 Å². The van der Waals surface area contributed by atoms with Crippen LogP contribution in [0, 0.1) is 11.7 Å². The van der Waals surface area contributed by atoms with E-state index in [9.17, 15) is 4.39 Å². The fourth-order valence-corrected chi connectivity index (χ4v) is 5.42. The maximum Gasteiger partial charge on any atom is 0.225 e. The second-order valence-electron chi connectivity index (χ2n) is 7.77. The van der Waals surface area contributed by atoms with Gasteiger partial charge in [-0.15, -0.1) is 11.3 Å². The predicted molar refractivity (Wildman–Crippen MR) is 123 cm³/mol. The van der Waals surface area contributed by atoms with E-state index < -0.39 is 0 Å². The predicted octanol–water partition coefficient (Wildman–Crippen LogP) is 6.61. The average molecular weight is 438 g/mol. The topological polar surface area (TPSA) is 29.0 Å². The Balaban J connectivity index is 1.43. The zero-order chi connectivity index (χ0) is 20.5. The average Bonchev–Trinajstić information content (AvgIpc) is 3.19. The van der Waals surface area contributed by atoms with Crippen LogP contribution in [0.15, 0.2) is 60.0 Å². The van der Waals surface area contributed by atoms with Gasteiger partial charge >= 0.3 is 0 Å². The van der Waals surface area contributed by atoms with Gasteiger partial charge in [-0.3, -0.25) is 0 Å². The highest BCUT2D eigenvalue weighted by Gasteiger charge is 2.24. The minimum atomic E-state index is -0.238. The molecule has 3 heterocycles. The van der Waals surface area contributed by atoms with Crippen molar-refractivity contribution in [2.45, 2.75) is 19.3 Å². The number of benzene rings is 2. The third kappa shape index (κ3) is 3.92. The van der Waals surface area contributed by atoms with Crippen LogP contribution < -0.4 is 4.90 Å². The van der Waals surface area contributed by atoms with Crippen LogP contribution in [-0.2, 0) is 6.42 Å². The molecule has 0 amide bonds. The van der Waals surface area contributed by atoms with Gasteiger partial charge < -0.3 is 4.90 Å². The number of fused-ring (bicyclic) bond motifs is 1. The Morgan fingerprint density at radius 1 is 1.00 bits per heavy atom. The Bertz CT molecular complexity index is 1150. The molecule has 3 nitrogen and oxygen atoms in total. The highest BCUT2D eigenvalue weighted by atomic mass is 35.5. The Morgan fingerprint density at radius 3 is 2.47 bits per heavy atom. The molecule has 152 valence electrons. The Morgan fingerprint density at radius 2 is 1.73 bits per heavy atom. The first-order valence-corrected chi connectivity index (χ1v) is 11.4. The lowest BCUT2D eigenvalue weighted by Crippen LogP contribution is -2.35. The van der Waals surface area contributed by atoms with Crippen molar-refractivity contribution in [1.82, 2.24) is 9.97 Å². The van der Waals surface area contributed by atoms with Crippen LogP contribution in [0.4, 0.5) is 10.2 Å². The molecule has 2 aromatic heterocycles. The van der Waals surface area contributed by atoms with Gasteiger partial charge in [-0.2, -0.15) is 4.98 Å². The number of aromatic nitrogens is 2. The number of piperidine rings is 1. The summed E-state index contributed by atoms with van der Waals surface area (Å²) in [6.45, 7) is 1.89. The van der Waals surface area contributed by atoms with Gasteiger partial charge in [-0.25, -0.2) is 9.37 Å². The first-order valence-electron chi connectivity index (χ1n) is 10.2. The van der Waals surface area contributed by atoms with Gasteiger partial charge in [0.05, 0.1) is 5.39 Å². The maximum absolute atomic E-state index is 13.4. The number of halogens is 2. The fraction of sp³-hybridized carbons (Fsp3) is 0.250. The molecular formula is C24H21ClFN3S. The molecule has 6 heteroatoms. The van der Waals surface area contributed by atoms with Crippen molar-refractivity contribution in [3.05, 3.63) is 76.6 Å².